The molecule has 0 aliphatic rings. The van der Waals surface area contributed by atoms with Gasteiger partial charge in [-0.25, -0.2) is 10.2 Å². The molecule has 3 N–H and O–H groups in total. The summed E-state index contributed by atoms with van der Waals surface area (Å²) in [6, 6.07) is 9.69. The van der Waals surface area contributed by atoms with Crippen molar-refractivity contribution in [2.75, 3.05) is 0 Å². The summed E-state index contributed by atoms with van der Waals surface area (Å²) >= 11 is 0. The van der Waals surface area contributed by atoms with Crippen LogP contribution in [0.4, 0.5) is 13.6 Å². The van der Waals surface area contributed by atoms with E-state index in [0.29, 0.717) is 10.9 Å². The van der Waals surface area contributed by atoms with Crippen LogP contribution in [-0.2, 0) is 5.92 Å². The van der Waals surface area contributed by atoms with Crippen LogP contribution < -0.4 is 11.2 Å². The van der Waals surface area contributed by atoms with Crippen molar-refractivity contribution in [2.45, 2.75) is 12.8 Å². The molecule has 3 heterocycles. The van der Waals surface area contributed by atoms with E-state index in [1.165, 1.54) is 30.3 Å². The molecule has 0 fully saturated rings. The Morgan fingerprint density at radius 3 is 2.83 bits per heavy atom. The summed E-state index contributed by atoms with van der Waals surface area (Å²) in [6.45, 7) is 1.54. The Morgan fingerprint density at radius 2 is 2.03 bits per heavy atom. The topological polar surface area (TPSA) is 123 Å². The maximum Gasteiger partial charge on any atom is 0.333 e. The van der Waals surface area contributed by atoms with Gasteiger partial charge in [-0.15, -0.1) is 10.2 Å². The molecule has 1 aromatic carbocycles. The van der Waals surface area contributed by atoms with Crippen LogP contribution in [0.15, 0.2) is 53.8 Å². The average Bonchev–Trinajstić information content (AvgIpc) is 3.15. The Morgan fingerprint density at radius 1 is 1.21 bits per heavy atom. The van der Waals surface area contributed by atoms with Crippen LogP contribution in [0.2, 0.25) is 0 Å². The quantitative estimate of drug-likeness (QED) is 0.404. The lowest BCUT2D eigenvalue weighted by molar-refractivity contribution is 0.0307. The molecule has 0 bridgehead atoms. The SMILES string of the molecule is C/C(=N\NC(N)=O)c1ccc2nnc(C(F)(F)c3ccc4ncccc4c3)n2n1. The van der Waals surface area contributed by atoms with Gasteiger partial charge in [0, 0.05) is 17.1 Å². The molecule has 2 amide bonds. The number of aromatic nitrogens is 5. The number of rotatable bonds is 4. The Bertz CT molecular complexity index is 1270. The smallest absolute Gasteiger partial charge is 0.333 e. The molecule has 4 aromatic rings. The molecule has 29 heavy (non-hydrogen) atoms. The van der Waals surface area contributed by atoms with Crippen LogP contribution >= 0.6 is 0 Å². The van der Waals surface area contributed by atoms with Gasteiger partial charge in [-0.3, -0.25) is 4.98 Å². The number of amides is 2. The monoisotopic (exact) mass is 396 g/mol. The predicted molar refractivity (Wildman–Crippen MR) is 100 cm³/mol. The Hall–Kier alpha value is -4.02. The number of urea groups is 1. The second-order valence-corrected chi connectivity index (χ2v) is 6.17. The van der Waals surface area contributed by atoms with Crippen LogP contribution in [0.5, 0.6) is 0 Å². The van der Waals surface area contributed by atoms with E-state index < -0.39 is 17.8 Å². The molecule has 0 aliphatic heterocycles. The van der Waals surface area contributed by atoms with E-state index in [0.717, 1.165) is 4.52 Å². The highest BCUT2D eigenvalue weighted by molar-refractivity contribution is 5.97. The first-order valence-electron chi connectivity index (χ1n) is 8.42. The summed E-state index contributed by atoms with van der Waals surface area (Å²) in [5.74, 6) is -4.11. The Balaban J connectivity index is 1.80. The number of alkyl halides is 2. The molecule has 146 valence electrons. The molecule has 0 spiro atoms. The summed E-state index contributed by atoms with van der Waals surface area (Å²) in [7, 11) is 0. The van der Waals surface area contributed by atoms with Crippen molar-refractivity contribution in [2.24, 2.45) is 10.8 Å². The first kappa shape index (κ1) is 18.3. The van der Waals surface area contributed by atoms with E-state index in [2.05, 4.69) is 30.8 Å². The third-order valence-corrected chi connectivity index (χ3v) is 4.21. The van der Waals surface area contributed by atoms with E-state index >= 15 is 8.78 Å². The molecule has 0 unspecified atom stereocenters. The normalized spacial score (nSPS) is 12.4. The van der Waals surface area contributed by atoms with Crippen molar-refractivity contribution in [1.82, 2.24) is 30.2 Å². The van der Waals surface area contributed by atoms with E-state index in [4.69, 9.17) is 5.73 Å². The number of hydrazone groups is 1. The van der Waals surface area contributed by atoms with Gasteiger partial charge in [-0.1, -0.05) is 12.1 Å². The van der Waals surface area contributed by atoms with Crippen molar-refractivity contribution >= 4 is 28.3 Å². The zero-order valence-electron chi connectivity index (χ0n) is 15.0. The van der Waals surface area contributed by atoms with Gasteiger partial charge in [0.25, 0.3) is 0 Å². The molecule has 11 heteroatoms. The summed E-state index contributed by atoms with van der Waals surface area (Å²) in [5, 5.41) is 15.9. The molecule has 9 nitrogen and oxygen atoms in total. The number of hydrogen-bond donors (Lipinski definition) is 2. The average molecular weight is 396 g/mol. The van der Waals surface area contributed by atoms with Gasteiger partial charge < -0.3 is 5.73 Å². The van der Waals surface area contributed by atoms with Gasteiger partial charge in [-0.05, 0) is 37.3 Å². The van der Waals surface area contributed by atoms with E-state index in [-0.39, 0.29) is 22.6 Å². The van der Waals surface area contributed by atoms with E-state index in [1.54, 1.807) is 25.3 Å². The number of halogens is 2. The number of nitrogens with zero attached hydrogens (tertiary/aromatic N) is 6. The van der Waals surface area contributed by atoms with Gasteiger partial charge in [0.15, 0.2) is 5.65 Å². The highest BCUT2D eigenvalue weighted by atomic mass is 19.3. The molecule has 0 saturated carbocycles. The second-order valence-electron chi connectivity index (χ2n) is 6.17. The number of hydrogen-bond acceptors (Lipinski definition) is 6. The summed E-state index contributed by atoms with van der Waals surface area (Å²) in [6.07, 6.45) is 1.59. The number of pyridine rings is 1. The fourth-order valence-electron chi connectivity index (χ4n) is 2.77. The fraction of sp³-hybridized carbons (Fsp3) is 0.111. The minimum Gasteiger partial charge on any atom is -0.350 e. The largest absolute Gasteiger partial charge is 0.350 e. The summed E-state index contributed by atoms with van der Waals surface area (Å²) < 4.78 is 31.5. The van der Waals surface area contributed by atoms with Crippen LogP contribution in [-0.4, -0.2) is 36.5 Å². The lowest BCUT2D eigenvalue weighted by Crippen LogP contribution is -2.26. The molecular weight excluding hydrogens is 382 g/mol. The van der Waals surface area contributed by atoms with Crippen molar-refractivity contribution < 1.29 is 13.6 Å². The predicted octanol–water partition coefficient (Wildman–Crippen LogP) is 2.20. The standard InChI is InChI=1S/C18H14F2N8O/c1-10(23-26-17(21)29)13-6-7-15-24-25-16(28(15)27-13)18(19,20)12-4-5-14-11(9-12)3-2-8-22-14/h2-9H,1H3,(H3,21,26,29)/b23-10+. The molecule has 0 saturated heterocycles. The third-order valence-electron chi connectivity index (χ3n) is 4.21. The molecule has 4 rings (SSSR count). The van der Waals surface area contributed by atoms with Crippen LogP contribution in [0.1, 0.15) is 24.0 Å². The van der Waals surface area contributed by atoms with Crippen LogP contribution in [0.25, 0.3) is 16.6 Å². The number of carbonyl (C=O) groups excluding carboxylic acids is 1. The second kappa shape index (κ2) is 6.86. The minimum absolute atomic E-state index is 0.140. The molecule has 0 radical (unpaired) electrons. The van der Waals surface area contributed by atoms with Gasteiger partial charge >= 0.3 is 12.0 Å². The van der Waals surface area contributed by atoms with Gasteiger partial charge in [0.1, 0.15) is 5.69 Å². The van der Waals surface area contributed by atoms with Crippen molar-refractivity contribution in [3.8, 4) is 0 Å². The van der Waals surface area contributed by atoms with Gasteiger partial charge in [0.2, 0.25) is 5.82 Å². The molecule has 0 atom stereocenters. The maximum atomic E-state index is 15.3. The first-order valence-corrected chi connectivity index (χ1v) is 8.42. The van der Waals surface area contributed by atoms with E-state index in [1.807, 2.05) is 0 Å². The highest BCUT2D eigenvalue weighted by Gasteiger charge is 2.40. The van der Waals surface area contributed by atoms with Crippen LogP contribution in [0, 0.1) is 0 Å². The summed E-state index contributed by atoms with van der Waals surface area (Å²) in [4.78, 5) is 14.9. The first-order chi connectivity index (χ1) is 13.9. The van der Waals surface area contributed by atoms with Crippen molar-refractivity contribution in [3.63, 3.8) is 0 Å². The zero-order chi connectivity index (χ0) is 20.6. The molecule has 0 aliphatic carbocycles. The lowest BCUT2D eigenvalue weighted by atomic mass is 10.0. The summed E-state index contributed by atoms with van der Waals surface area (Å²) in [5.41, 5.74) is 8.03. The Labute approximate surface area is 162 Å². The van der Waals surface area contributed by atoms with Crippen molar-refractivity contribution in [1.29, 1.82) is 0 Å². The Kier molecular flexibility index (Phi) is 4.34. The minimum atomic E-state index is -3.47. The molecule has 3 aromatic heterocycles. The number of nitrogens with two attached hydrogens (primary N) is 1. The van der Waals surface area contributed by atoms with E-state index in [9.17, 15) is 4.79 Å². The zero-order valence-corrected chi connectivity index (χ0v) is 15.0. The highest BCUT2D eigenvalue weighted by Crippen LogP contribution is 2.35. The number of benzene rings is 1. The number of carbonyl (C=O) groups is 1. The molecular formula is C18H14F2N8O. The fourth-order valence-corrected chi connectivity index (χ4v) is 2.77. The van der Waals surface area contributed by atoms with Gasteiger partial charge in [0.05, 0.1) is 11.2 Å². The number of primary amides is 1. The maximum absolute atomic E-state index is 15.3. The van der Waals surface area contributed by atoms with Gasteiger partial charge in [-0.2, -0.15) is 23.5 Å². The lowest BCUT2D eigenvalue weighted by Gasteiger charge is -2.15. The van der Waals surface area contributed by atoms with Crippen LogP contribution in [0.3, 0.4) is 0 Å². The third kappa shape index (κ3) is 3.33. The van der Waals surface area contributed by atoms with Crippen molar-refractivity contribution in [3.05, 3.63) is 65.7 Å². The number of nitrogens with one attached hydrogen (secondary N) is 1. The number of fused-ring (bicyclic) bond motifs is 2.